The summed E-state index contributed by atoms with van der Waals surface area (Å²) in [4.78, 5) is 11.4. The van der Waals surface area contributed by atoms with Crippen molar-refractivity contribution in [3.63, 3.8) is 0 Å². The van der Waals surface area contributed by atoms with Gasteiger partial charge in [-0.25, -0.2) is 10.4 Å². The number of aryl methyl sites for hydroxylation is 2. The van der Waals surface area contributed by atoms with Crippen LogP contribution in [0.15, 0.2) is 21.7 Å². The van der Waals surface area contributed by atoms with Crippen LogP contribution in [-0.2, 0) is 0 Å². The molecule has 0 unspecified atom stereocenters. The molecule has 0 aliphatic rings. The average molecular weight is 389 g/mol. The van der Waals surface area contributed by atoms with Gasteiger partial charge in [0.25, 0.3) is 0 Å². The number of hydrogen-bond donors (Lipinski definition) is 2. The summed E-state index contributed by atoms with van der Waals surface area (Å²) in [7, 11) is 1.89. The van der Waals surface area contributed by atoms with Crippen molar-refractivity contribution in [2.75, 3.05) is 43.6 Å². The van der Waals surface area contributed by atoms with Crippen LogP contribution in [0.5, 0.6) is 5.88 Å². The fourth-order valence-corrected chi connectivity index (χ4v) is 2.61. The van der Waals surface area contributed by atoms with E-state index in [0.717, 1.165) is 43.8 Å². The zero-order valence-electron chi connectivity index (χ0n) is 17.6. The molecule has 8 nitrogen and oxygen atoms in total. The second kappa shape index (κ2) is 11.3. The Labute approximate surface area is 167 Å². The largest absolute Gasteiger partial charge is 0.476 e. The third-order valence-corrected chi connectivity index (χ3v) is 4.12. The first-order valence-electron chi connectivity index (χ1n) is 9.84. The molecule has 0 atom stereocenters. The van der Waals surface area contributed by atoms with Gasteiger partial charge in [-0.1, -0.05) is 13.8 Å². The van der Waals surface area contributed by atoms with E-state index in [1.807, 2.05) is 27.0 Å². The summed E-state index contributed by atoms with van der Waals surface area (Å²) in [6, 6.07) is 3.70. The highest BCUT2D eigenvalue weighted by Gasteiger charge is 2.12. The average Bonchev–Trinajstić information content (AvgIpc) is 2.99. The van der Waals surface area contributed by atoms with Gasteiger partial charge in [-0.15, -0.1) is 0 Å². The molecule has 0 spiro atoms. The van der Waals surface area contributed by atoms with Crippen LogP contribution >= 0.6 is 0 Å². The van der Waals surface area contributed by atoms with E-state index in [4.69, 9.17) is 9.15 Å². The Morgan fingerprint density at radius 2 is 1.93 bits per heavy atom. The summed E-state index contributed by atoms with van der Waals surface area (Å²) < 4.78 is 11.3. The van der Waals surface area contributed by atoms with Gasteiger partial charge in [-0.3, -0.25) is 0 Å². The van der Waals surface area contributed by atoms with Crippen LogP contribution in [0.2, 0.25) is 0 Å². The number of anilines is 2. The number of rotatable bonds is 12. The molecule has 0 aliphatic heterocycles. The van der Waals surface area contributed by atoms with Crippen LogP contribution < -0.4 is 20.4 Å². The number of furan rings is 1. The molecule has 2 aromatic heterocycles. The fraction of sp³-hybridized carbons (Fsp3) is 0.550. The van der Waals surface area contributed by atoms with E-state index in [-0.39, 0.29) is 0 Å². The zero-order chi connectivity index (χ0) is 20.4. The molecule has 0 radical (unpaired) electrons. The van der Waals surface area contributed by atoms with Gasteiger partial charge in [0.1, 0.15) is 12.4 Å². The Kier molecular flexibility index (Phi) is 8.74. The van der Waals surface area contributed by atoms with E-state index >= 15 is 0 Å². The van der Waals surface area contributed by atoms with Gasteiger partial charge in [-0.05, 0) is 39.3 Å². The minimum atomic E-state index is 0.536. The molecule has 28 heavy (non-hydrogen) atoms. The number of hydrogen-bond acceptors (Lipinski definition) is 8. The highest BCUT2D eigenvalue weighted by molar-refractivity contribution is 5.78. The molecule has 0 amide bonds. The molecule has 2 N–H and O–H groups in total. The maximum atomic E-state index is 5.78. The van der Waals surface area contributed by atoms with Crippen molar-refractivity contribution in [3.8, 4) is 5.88 Å². The van der Waals surface area contributed by atoms with Crippen molar-refractivity contribution >= 4 is 18.0 Å². The highest BCUT2D eigenvalue weighted by atomic mass is 16.5. The van der Waals surface area contributed by atoms with Crippen LogP contribution in [-0.4, -0.2) is 49.5 Å². The SMILES string of the molecule is CCCN(CCC)c1nc(/C=N/Nc2cc(C)c(C)o2)cc(OCCNC)n1. The van der Waals surface area contributed by atoms with Crippen LogP contribution in [0, 0.1) is 13.8 Å². The summed E-state index contributed by atoms with van der Waals surface area (Å²) in [6.07, 6.45) is 3.70. The second-order valence-electron chi connectivity index (χ2n) is 6.59. The topological polar surface area (TPSA) is 87.8 Å². The number of ether oxygens (including phenoxy) is 1. The van der Waals surface area contributed by atoms with Crippen molar-refractivity contribution in [3.05, 3.63) is 29.2 Å². The molecule has 0 bridgehead atoms. The van der Waals surface area contributed by atoms with Crippen molar-refractivity contribution in [1.82, 2.24) is 15.3 Å². The molecule has 0 fully saturated rings. The standard InChI is InChI=1S/C20H32N6O2/c1-6-9-26(10-7-2)20-23-17(13-18(24-20)27-11-8-21-5)14-22-25-19-12-15(3)16(4)28-19/h12-14,21,25H,6-11H2,1-5H3/b22-14+. The number of nitrogens with one attached hydrogen (secondary N) is 2. The molecule has 0 saturated heterocycles. The van der Waals surface area contributed by atoms with E-state index in [0.29, 0.717) is 30.0 Å². The Balaban J connectivity index is 2.20. The normalized spacial score (nSPS) is 11.2. The van der Waals surface area contributed by atoms with Gasteiger partial charge >= 0.3 is 0 Å². The van der Waals surface area contributed by atoms with Crippen LogP contribution in [0.25, 0.3) is 0 Å². The molecular weight excluding hydrogens is 356 g/mol. The summed E-state index contributed by atoms with van der Waals surface area (Å²) in [5.74, 6) is 2.68. The van der Waals surface area contributed by atoms with Crippen LogP contribution in [0.4, 0.5) is 11.8 Å². The molecule has 0 aliphatic carbocycles. The first-order valence-corrected chi connectivity index (χ1v) is 9.84. The first kappa shape index (κ1) is 21.7. The van der Waals surface area contributed by atoms with E-state index < -0.39 is 0 Å². The van der Waals surface area contributed by atoms with Gasteiger partial charge in [0.05, 0.1) is 11.9 Å². The predicted molar refractivity (Wildman–Crippen MR) is 114 cm³/mol. The lowest BCUT2D eigenvalue weighted by Gasteiger charge is -2.22. The second-order valence-corrected chi connectivity index (χ2v) is 6.59. The fourth-order valence-electron chi connectivity index (χ4n) is 2.61. The van der Waals surface area contributed by atoms with E-state index in [9.17, 15) is 0 Å². The minimum absolute atomic E-state index is 0.536. The third kappa shape index (κ3) is 6.53. The molecule has 0 saturated carbocycles. The summed E-state index contributed by atoms with van der Waals surface area (Å²) in [6.45, 7) is 11.3. The van der Waals surface area contributed by atoms with E-state index in [1.165, 1.54) is 0 Å². The monoisotopic (exact) mass is 388 g/mol. The Morgan fingerprint density at radius 1 is 1.18 bits per heavy atom. The molecule has 154 valence electrons. The number of hydrazone groups is 1. The third-order valence-electron chi connectivity index (χ3n) is 4.12. The van der Waals surface area contributed by atoms with Gasteiger partial charge in [0.15, 0.2) is 0 Å². The molecule has 2 rings (SSSR count). The lowest BCUT2D eigenvalue weighted by atomic mass is 10.3. The van der Waals surface area contributed by atoms with Gasteiger partial charge in [0, 0.05) is 31.8 Å². The van der Waals surface area contributed by atoms with Gasteiger partial charge in [-0.2, -0.15) is 10.1 Å². The first-order chi connectivity index (χ1) is 13.6. The summed E-state index contributed by atoms with van der Waals surface area (Å²) >= 11 is 0. The maximum Gasteiger partial charge on any atom is 0.229 e. The summed E-state index contributed by atoms with van der Waals surface area (Å²) in [5, 5.41) is 7.31. The highest BCUT2D eigenvalue weighted by Crippen LogP contribution is 2.18. The van der Waals surface area contributed by atoms with Crippen LogP contribution in [0.3, 0.4) is 0 Å². The smallest absolute Gasteiger partial charge is 0.229 e. The number of likely N-dealkylation sites (N-methyl/N-ethyl adjacent to an activating group) is 1. The number of aromatic nitrogens is 2. The number of nitrogens with zero attached hydrogens (tertiary/aromatic N) is 4. The predicted octanol–water partition coefficient (Wildman–Crippen LogP) is 3.36. The Morgan fingerprint density at radius 3 is 2.54 bits per heavy atom. The van der Waals surface area contributed by atoms with Crippen molar-refractivity contribution in [2.45, 2.75) is 40.5 Å². The molecule has 2 aromatic rings. The molecule has 2 heterocycles. The maximum absolute atomic E-state index is 5.78. The lowest BCUT2D eigenvalue weighted by Crippen LogP contribution is -2.27. The van der Waals surface area contributed by atoms with E-state index in [2.05, 4.69) is 44.6 Å². The lowest BCUT2D eigenvalue weighted by molar-refractivity contribution is 0.306. The molecule has 0 aromatic carbocycles. The molecule has 8 heteroatoms. The van der Waals surface area contributed by atoms with Crippen molar-refractivity contribution < 1.29 is 9.15 Å². The van der Waals surface area contributed by atoms with Gasteiger partial charge in [0.2, 0.25) is 17.7 Å². The zero-order valence-corrected chi connectivity index (χ0v) is 17.6. The molecular formula is C20H32N6O2. The Hall–Kier alpha value is -2.61. The van der Waals surface area contributed by atoms with Crippen LogP contribution in [0.1, 0.15) is 43.7 Å². The quantitative estimate of drug-likeness (QED) is 0.327. The van der Waals surface area contributed by atoms with Crippen molar-refractivity contribution in [1.29, 1.82) is 0 Å². The van der Waals surface area contributed by atoms with Gasteiger partial charge < -0.3 is 19.4 Å². The van der Waals surface area contributed by atoms with E-state index in [1.54, 1.807) is 12.3 Å². The Bertz CT molecular complexity index is 734. The minimum Gasteiger partial charge on any atom is -0.476 e. The summed E-state index contributed by atoms with van der Waals surface area (Å²) in [5.41, 5.74) is 4.66. The van der Waals surface area contributed by atoms with Crippen molar-refractivity contribution in [2.24, 2.45) is 5.10 Å².